The van der Waals surface area contributed by atoms with Crippen molar-refractivity contribution in [2.75, 3.05) is 7.05 Å². The summed E-state index contributed by atoms with van der Waals surface area (Å²) in [7, 11) is 0.679. The maximum absolute atomic E-state index is 12.6. The van der Waals surface area contributed by atoms with Gasteiger partial charge in [-0.15, -0.1) is 0 Å². The topological polar surface area (TPSA) is 29.5 Å². The van der Waals surface area contributed by atoms with Crippen LogP contribution in [-0.2, 0) is 4.74 Å². The standard InChI is InChI=1S/C5H3Cl2F4NO2/c1-12-2(13)14-3(12,4(6,8)9)5(7,10)11/h1H3. The van der Waals surface area contributed by atoms with Crippen molar-refractivity contribution in [2.24, 2.45) is 0 Å². The molecule has 14 heavy (non-hydrogen) atoms. The average molecular weight is 256 g/mol. The van der Waals surface area contributed by atoms with Gasteiger partial charge in [0.25, 0.3) is 0 Å². The van der Waals surface area contributed by atoms with E-state index < -0.39 is 22.6 Å². The molecule has 0 aromatic carbocycles. The van der Waals surface area contributed by atoms with E-state index in [2.05, 4.69) is 27.9 Å². The Morgan fingerprint density at radius 1 is 1.29 bits per heavy atom. The number of carbonyl (C=O) groups excluding carboxylic acids is 1. The molecule has 1 saturated heterocycles. The third kappa shape index (κ3) is 1.22. The number of hydrogen-bond donors (Lipinski definition) is 0. The molecule has 0 radical (unpaired) electrons. The molecule has 1 amide bonds. The van der Waals surface area contributed by atoms with Crippen LogP contribution in [0.25, 0.3) is 0 Å². The zero-order valence-corrected chi connectivity index (χ0v) is 8.04. The second-order valence-electron chi connectivity index (χ2n) is 2.57. The molecule has 9 heteroatoms. The van der Waals surface area contributed by atoms with Gasteiger partial charge >= 0.3 is 22.6 Å². The number of amides is 1. The zero-order chi connectivity index (χ0) is 11.4. The first-order chi connectivity index (χ1) is 6.04. The van der Waals surface area contributed by atoms with Crippen LogP contribution in [0.5, 0.6) is 0 Å². The lowest BCUT2D eigenvalue weighted by Crippen LogP contribution is -2.77. The highest BCUT2D eigenvalue weighted by Crippen LogP contribution is 2.54. The van der Waals surface area contributed by atoms with Crippen molar-refractivity contribution in [3.05, 3.63) is 0 Å². The van der Waals surface area contributed by atoms with E-state index in [0.717, 1.165) is 0 Å². The highest BCUT2D eigenvalue weighted by Gasteiger charge is 2.80. The highest BCUT2D eigenvalue weighted by atomic mass is 35.5. The molecule has 1 aliphatic heterocycles. The molecule has 0 N–H and O–H groups in total. The van der Waals surface area contributed by atoms with Crippen LogP contribution in [0.2, 0.25) is 0 Å². The first kappa shape index (κ1) is 11.6. The van der Waals surface area contributed by atoms with Crippen molar-refractivity contribution in [3.8, 4) is 0 Å². The molecule has 82 valence electrons. The summed E-state index contributed by atoms with van der Waals surface area (Å²) in [6.07, 6.45) is -1.36. The minimum Gasteiger partial charge on any atom is -0.406 e. The summed E-state index contributed by atoms with van der Waals surface area (Å²) in [5.41, 5.74) is -3.62. The number of ether oxygens (including phenoxy) is 1. The van der Waals surface area contributed by atoms with Crippen LogP contribution in [0, 0.1) is 0 Å². The van der Waals surface area contributed by atoms with E-state index in [-0.39, 0.29) is 4.90 Å². The molecule has 0 atom stereocenters. The van der Waals surface area contributed by atoms with Crippen LogP contribution >= 0.6 is 23.2 Å². The summed E-state index contributed by atoms with van der Waals surface area (Å²) < 4.78 is 54.2. The van der Waals surface area contributed by atoms with E-state index in [1.807, 2.05) is 0 Å². The summed E-state index contributed by atoms with van der Waals surface area (Å²) in [5.74, 6) is 0. The number of carbonyl (C=O) groups is 1. The number of halogens is 6. The fraction of sp³-hybridized carbons (Fsp3) is 0.800. The van der Waals surface area contributed by atoms with Gasteiger partial charge in [0.2, 0.25) is 0 Å². The smallest absolute Gasteiger partial charge is 0.406 e. The molecule has 0 saturated carbocycles. The second kappa shape index (κ2) is 2.79. The molecule has 0 aromatic heterocycles. The molecular weight excluding hydrogens is 253 g/mol. The van der Waals surface area contributed by atoms with Gasteiger partial charge in [0.15, 0.2) is 0 Å². The lowest BCUT2D eigenvalue weighted by molar-refractivity contribution is -0.323. The molecule has 0 aliphatic carbocycles. The van der Waals surface area contributed by atoms with Crippen molar-refractivity contribution in [1.29, 1.82) is 0 Å². The molecule has 0 unspecified atom stereocenters. The fourth-order valence-electron chi connectivity index (χ4n) is 1.01. The lowest BCUT2D eigenvalue weighted by Gasteiger charge is -2.51. The van der Waals surface area contributed by atoms with Gasteiger partial charge in [-0.2, -0.15) is 17.6 Å². The Bertz CT molecular complexity index is 260. The van der Waals surface area contributed by atoms with Crippen molar-refractivity contribution in [3.63, 3.8) is 0 Å². The van der Waals surface area contributed by atoms with Crippen LogP contribution in [0.15, 0.2) is 0 Å². The third-order valence-corrected chi connectivity index (χ3v) is 2.26. The van der Waals surface area contributed by atoms with E-state index in [4.69, 9.17) is 0 Å². The van der Waals surface area contributed by atoms with Crippen molar-refractivity contribution >= 4 is 29.3 Å². The van der Waals surface area contributed by atoms with Gasteiger partial charge in [-0.1, -0.05) is 0 Å². The number of hydrogen-bond acceptors (Lipinski definition) is 2. The van der Waals surface area contributed by atoms with Crippen LogP contribution in [0.1, 0.15) is 0 Å². The zero-order valence-electron chi connectivity index (χ0n) is 6.53. The summed E-state index contributed by atoms with van der Waals surface area (Å²) in [4.78, 5) is 10.4. The molecule has 3 nitrogen and oxygen atoms in total. The van der Waals surface area contributed by atoms with Crippen LogP contribution < -0.4 is 0 Å². The molecular formula is C5H3Cl2F4NO2. The SMILES string of the molecule is CN1C(=O)OC1(C(F)(F)Cl)C(F)(F)Cl. The number of alkyl halides is 6. The molecule has 1 heterocycles. The average Bonchev–Trinajstić information content (AvgIpc) is 1.93. The second-order valence-corrected chi connectivity index (χ2v) is 3.52. The van der Waals surface area contributed by atoms with Gasteiger partial charge in [0, 0.05) is 7.05 Å². The van der Waals surface area contributed by atoms with Gasteiger partial charge in [0.05, 0.1) is 0 Å². The van der Waals surface area contributed by atoms with Crippen molar-refractivity contribution in [2.45, 2.75) is 16.5 Å². The first-order valence-corrected chi connectivity index (χ1v) is 3.90. The van der Waals surface area contributed by atoms with E-state index in [1.165, 1.54) is 0 Å². The maximum Gasteiger partial charge on any atom is 0.415 e. The van der Waals surface area contributed by atoms with Crippen LogP contribution in [0.3, 0.4) is 0 Å². The molecule has 1 fully saturated rings. The summed E-state index contributed by atoms with van der Waals surface area (Å²) >= 11 is 8.84. The minimum atomic E-state index is -4.50. The Kier molecular flexibility index (Phi) is 2.32. The largest absolute Gasteiger partial charge is 0.415 e. The quantitative estimate of drug-likeness (QED) is 0.560. The Balaban J connectivity index is 3.14. The van der Waals surface area contributed by atoms with Gasteiger partial charge < -0.3 is 4.74 Å². The Morgan fingerprint density at radius 3 is 1.71 bits per heavy atom. The summed E-state index contributed by atoms with van der Waals surface area (Å²) in [6, 6.07) is 0. The van der Waals surface area contributed by atoms with Crippen LogP contribution in [-0.4, -0.2) is 34.5 Å². The van der Waals surface area contributed by atoms with Gasteiger partial charge in [-0.05, 0) is 23.2 Å². The Morgan fingerprint density at radius 2 is 1.64 bits per heavy atom. The van der Waals surface area contributed by atoms with Gasteiger partial charge in [-0.25, -0.2) is 4.79 Å². The third-order valence-electron chi connectivity index (χ3n) is 1.75. The Hall–Kier alpha value is -0.430. The van der Waals surface area contributed by atoms with E-state index in [9.17, 15) is 22.4 Å². The summed E-state index contributed by atoms with van der Waals surface area (Å²) in [5, 5.41) is -9.00. The first-order valence-electron chi connectivity index (χ1n) is 3.14. The van der Waals surface area contributed by atoms with E-state index in [0.29, 0.717) is 7.05 Å². The van der Waals surface area contributed by atoms with Crippen molar-refractivity contribution < 1.29 is 27.1 Å². The van der Waals surface area contributed by atoms with Gasteiger partial charge in [-0.3, -0.25) is 4.90 Å². The molecule has 1 aliphatic rings. The lowest BCUT2D eigenvalue weighted by atomic mass is 10.1. The maximum atomic E-state index is 12.6. The monoisotopic (exact) mass is 255 g/mol. The van der Waals surface area contributed by atoms with Crippen molar-refractivity contribution in [1.82, 2.24) is 4.90 Å². The number of rotatable bonds is 2. The highest BCUT2D eigenvalue weighted by molar-refractivity contribution is 6.27. The molecule has 0 spiro atoms. The van der Waals surface area contributed by atoms with E-state index in [1.54, 1.807) is 0 Å². The molecule has 0 aromatic rings. The predicted octanol–water partition coefficient (Wildman–Crippen LogP) is 2.43. The molecule has 1 rings (SSSR count). The minimum absolute atomic E-state index is 0.0486. The summed E-state index contributed by atoms with van der Waals surface area (Å²) in [6.45, 7) is 0. The van der Waals surface area contributed by atoms with E-state index >= 15 is 0 Å². The normalized spacial score (nSPS) is 21.6. The van der Waals surface area contributed by atoms with Gasteiger partial charge in [0.1, 0.15) is 0 Å². The number of cyclic esters (lactones) is 1. The number of nitrogens with zero attached hydrogens (tertiary/aromatic N) is 1. The Labute approximate surface area is 85.5 Å². The molecule has 0 bridgehead atoms. The van der Waals surface area contributed by atoms with Crippen LogP contribution in [0.4, 0.5) is 22.4 Å². The predicted molar refractivity (Wildman–Crippen MR) is 38.6 cm³/mol. The fourth-order valence-corrected chi connectivity index (χ4v) is 1.63.